The molecule has 64 valence electrons. The molecule has 0 bridgehead atoms. The molecule has 2 rings (SSSR count). The van der Waals surface area contributed by atoms with Crippen LogP contribution in [0.25, 0.3) is 0 Å². The lowest BCUT2D eigenvalue weighted by Gasteiger charge is -2.11. The Hall–Kier alpha value is -0.890. The Bertz CT molecular complexity index is 283. The summed E-state index contributed by atoms with van der Waals surface area (Å²) in [6.07, 6.45) is 4.09. The van der Waals surface area contributed by atoms with Gasteiger partial charge in [-0.2, -0.15) is 0 Å². The van der Waals surface area contributed by atoms with Crippen LogP contribution in [-0.2, 0) is 6.42 Å². The fourth-order valence-electron chi connectivity index (χ4n) is 1.95. The van der Waals surface area contributed by atoms with Gasteiger partial charge in [0.15, 0.2) is 0 Å². The summed E-state index contributed by atoms with van der Waals surface area (Å²) in [5.74, 6) is 0.606. The second-order valence-corrected chi connectivity index (χ2v) is 3.45. The summed E-state index contributed by atoms with van der Waals surface area (Å²) in [7, 11) is 0. The molecule has 0 saturated carbocycles. The van der Waals surface area contributed by atoms with Crippen LogP contribution in [0.5, 0.6) is 0 Å². The van der Waals surface area contributed by atoms with Gasteiger partial charge in [-0.1, -0.05) is 19.4 Å². The fourth-order valence-corrected chi connectivity index (χ4v) is 1.95. The van der Waals surface area contributed by atoms with Crippen molar-refractivity contribution in [1.29, 1.82) is 0 Å². The molecule has 1 aliphatic rings. The highest BCUT2D eigenvalue weighted by molar-refractivity contribution is 5.29. The zero-order valence-electron chi connectivity index (χ0n) is 7.33. The van der Waals surface area contributed by atoms with Gasteiger partial charge in [-0.15, -0.1) is 0 Å². The molecule has 0 unspecified atom stereocenters. The highest BCUT2D eigenvalue weighted by atomic mass is 14.8. The number of aromatic nitrogens is 1. The zero-order valence-corrected chi connectivity index (χ0v) is 7.33. The van der Waals surface area contributed by atoms with E-state index in [1.54, 1.807) is 0 Å². The predicted octanol–water partition coefficient (Wildman–Crippen LogP) is 1.66. The van der Waals surface area contributed by atoms with Crippen molar-refractivity contribution in [3.63, 3.8) is 0 Å². The number of nitrogens with two attached hydrogens (primary N) is 1. The van der Waals surface area contributed by atoms with Gasteiger partial charge in [0.05, 0.1) is 11.7 Å². The molecule has 0 saturated heterocycles. The largest absolute Gasteiger partial charge is 0.322 e. The topological polar surface area (TPSA) is 38.9 Å². The molecular weight excluding hydrogens is 148 g/mol. The second kappa shape index (κ2) is 2.87. The standard InChI is InChI=1S/C10H14N2/c1-2-7-6-8-4-3-5-12-10(8)9(7)11/h3-5,7,9H,2,6,11H2,1H3/t7-,9+/m1/s1. The van der Waals surface area contributed by atoms with E-state index in [1.807, 2.05) is 12.3 Å². The number of hydrogen-bond donors (Lipinski definition) is 1. The first-order chi connectivity index (χ1) is 5.83. The Morgan fingerprint density at radius 1 is 1.67 bits per heavy atom. The first-order valence-electron chi connectivity index (χ1n) is 4.52. The van der Waals surface area contributed by atoms with Gasteiger partial charge >= 0.3 is 0 Å². The van der Waals surface area contributed by atoms with E-state index in [0.717, 1.165) is 18.5 Å². The normalized spacial score (nSPS) is 27.2. The van der Waals surface area contributed by atoms with Crippen molar-refractivity contribution in [3.05, 3.63) is 29.6 Å². The first-order valence-corrected chi connectivity index (χ1v) is 4.52. The molecule has 0 radical (unpaired) electrons. The minimum Gasteiger partial charge on any atom is -0.322 e. The van der Waals surface area contributed by atoms with E-state index in [2.05, 4.69) is 18.0 Å². The van der Waals surface area contributed by atoms with Crippen LogP contribution in [0.4, 0.5) is 0 Å². The first kappa shape index (κ1) is 7.74. The minimum atomic E-state index is 0.172. The van der Waals surface area contributed by atoms with E-state index in [1.165, 1.54) is 5.56 Å². The molecule has 2 N–H and O–H groups in total. The average Bonchev–Trinajstić information content (AvgIpc) is 2.44. The van der Waals surface area contributed by atoms with Gasteiger partial charge in [-0.25, -0.2) is 0 Å². The number of hydrogen-bond acceptors (Lipinski definition) is 2. The van der Waals surface area contributed by atoms with Crippen molar-refractivity contribution in [2.24, 2.45) is 11.7 Å². The monoisotopic (exact) mass is 162 g/mol. The third-order valence-corrected chi connectivity index (χ3v) is 2.76. The lowest BCUT2D eigenvalue weighted by Crippen LogP contribution is -2.16. The van der Waals surface area contributed by atoms with Crippen LogP contribution >= 0.6 is 0 Å². The number of pyridine rings is 1. The third-order valence-electron chi connectivity index (χ3n) is 2.76. The highest BCUT2D eigenvalue weighted by Crippen LogP contribution is 2.34. The molecule has 0 spiro atoms. The van der Waals surface area contributed by atoms with E-state index in [4.69, 9.17) is 5.73 Å². The van der Waals surface area contributed by atoms with Crippen LogP contribution in [0.15, 0.2) is 18.3 Å². The summed E-state index contributed by atoms with van der Waals surface area (Å²) in [5.41, 5.74) is 8.50. The predicted molar refractivity (Wildman–Crippen MR) is 48.7 cm³/mol. The van der Waals surface area contributed by atoms with Crippen molar-refractivity contribution in [3.8, 4) is 0 Å². The van der Waals surface area contributed by atoms with Crippen molar-refractivity contribution < 1.29 is 0 Å². The molecule has 1 aliphatic carbocycles. The number of rotatable bonds is 1. The molecule has 1 heterocycles. The lowest BCUT2D eigenvalue weighted by molar-refractivity contribution is 0.448. The Kier molecular flexibility index (Phi) is 1.85. The number of fused-ring (bicyclic) bond motifs is 1. The van der Waals surface area contributed by atoms with Crippen LogP contribution in [-0.4, -0.2) is 4.98 Å². The van der Waals surface area contributed by atoms with Crippen LogP contribution < -0.4 is 5.73 Å². The molecule has 2 heteroatoms. The Labute approximate surface area is 72.8 Å². The number of nitrogens with zero attached hydrogens (tertiary/aromatic N) is 1. The Morgan fingerprint density at radius 3 is 3.17 bits per heavy atom. The van der Waals surface area contributed by atoms with Gasteiger partial charge in [0.2, 0.25) is 0 Å². The van der Waals surface area contributed by atoms with E-state index in [9.17, 15) is 0 Å². The van der Waals surface area contributed by atoms with Crippen molar-refractivity contribution in [2.75, 3.05) is 0 Å². The van der Waals surface area contributed by atoms with Crippen LogP contribution in [0.2, 0.25) is 0 Å². The van der Waals surface area contributed by atoms with Crippen LogP contribution in [0.3, 0.4) is 0 Å². The van der Waals surface area contributed by atoms with E-state index in [-0.39, 0.29) is 6.04 Å². The van der Waals surface area contributed by atoms with E-state index in [0.29, 0.717) is 5.92 Å². The second-order valence-electron chi connectivity index (χ2n) is 3.45. The molecule has 1 aromatic heterocycles. The van der Waals surface area contributed by atoms with Gasteiger partial charge in [0.25, 0.3) is 0 Å². The molecule has 1 aromatic rings. The summed E-state index contributed by atoms with van der Waals surface area (Å²) < 4.78 is 0. The van der Waals surface area contributed by atoms with Gasteiger partial charge in [0, 0.05) is 6.20 Å². The molecule has 2 nitrogen and oxygen atoms in total. The molecular formula is C10H14N2. The zero-order chi connectivity index (χ0) is 8.55. The molecule has 12 heavy (non-hydrogen) atoms. The lowest BCUT2D eigenvalue weighted by atomic mass is 10.0. The minimum absolute atomic E-state index is 0.172. The summed E-state index contributed by atoms with van der Waals surface area (Å²) >= 11 is 0. The molecule has 0 aliphatic heterocycles. The average molecular weight is 162 g/mol. The van der Waals surface area contributed by atoms with Gasteiger partial charge in [-0.05, 0) is 24.0 Å². The summed E-state index contributed by atoms with van der Waals surface area (Å²) in [6.45, 7) is 2.19. The van der Waals surface area contributed by atoms with Crippen LogP contribution in [0.1, 0.15) is 30.6 Å². The Morgan fingerprint density at radius 2 is 2.50 bits per heavy atom. The van der Waals surface area contributed by atoms with Gasteiger partial charge in [0.1, 0.15) is 0 Å². The van der Waals surface area contributed by atoms with E-state index < -0.39 is 0 Å². The van der Waals surface area contributed by atoms with Crippen molar-refractivity contribution in [2.45, 2.75) is 25.8 Å². The maximum atomic E-state index is 6.04. The molecule has 0 aromatic carbocycles. The van der Waals surface area contributed by atoms with E-state index >= 15 is 0 Å². The molecule has 0 fully saturated rings. The molecule has 0 amide bonds. The third kappa shape index (κ3) is 1.03. The smallest absolute Gasteiger partial charge is 0.0605 e. The fraction of sp³-hybridized carbons (Fsp3) is 0.500. The van der Waals surface area contributed by atoms with Gasteiger partial charge in [-0.3, -0.25) is 4.98 Å². The Balaban J connectivity index is 2.35. The SMILES string of the molecule is CC[C@@H]1Cc2cccnc2[C@H]1N. The van der Waals surface area contributed by atoms with Crippen LogP contribution in [0, 0.1) is 5.92 Å². The maximum Gasteiger partial charge on any atom is 0.0605 e. The quantitative estimate of drug-likeness (QED) is 0.682. The maximum absolute atomic E-state index is 6.04. The van der Waals surface area contributed by atoms with Gasteiger partial charge < -0.3 is 5.73 Å². The summed E-state index contributed by atoms with van der Waals surface area (Å²) in [4.78, 5) is 4.31. The summed E-state index contributed by atoms with van der Waals surface area (Å²) in [6, 6.07) is 4.30. The van der Waals surface area contributed by atoms with Crippen molar-refractivity contribution in [1.82, 2.24) is 4.98 Å². The summed E-state index contributed by atoms with van der Waals surface area (Å²) in [5, 5.41) is 0. The molecule has 2 atom stereocenters. The van der Waals surface area contributed by atoms with Crippen molar-refractivity contribution >= 4 is 0 Å². The highest BCUT2D eigenvalue weighted by Gasteiger charge is 2.28.